The van der Waals surface area contributed by atoms with Crippen LogP contribution >= 0.6 is 0 Å². The van der Waals surface area contributed by atoms with Gasteiger partial charge in [0.15, 0.2) is 5.78 Å². The molecule has 0 bridgehead atoms. The quantitative estimate of drug-likeness (QED) is 0.159. The fourth-order valence-corrected chi connectivity index (χ4v) is 9.76. The summed E-state index contributed by atoms with van der Waals surface area (Å²) in [7, 11) is 0. The Balaban J connectivity index is 0.000000110. The number of pyridine rings is 1. The van der Waals surface area contributed by atoms with Gasteiger partial charge in [0.1, 0.15) is 0 Å². The molecule has 3 heterocycles. The first-order valence-corrected chi connectivity index (χ1v) is 25.8. The second-order valence-electron chi connectivity index (χ2n) is 18.5. The molecule has 0 unspecified atom stereocenters. The molecule has 0 fully saturated rings. The third-order valence-electron chi connectivity index (χ3n) is 13.6. The lowest BCUT2D eigenvalue weighted by atomic mass is 9.91. The van der Waals surface area contributed by atoms with Crippen LogP contribution < -0.4 is 10.6 Å². The number of hydrogen-bond donors (Lipinski definition) is 2. The van der Waals surface area contributed by atoms with E-state index in [4.69, 9.17) is 0 Å². The predicted octanol–water partition coefficient (Wildman–Crippen LogP) is 15.4. The summed E-state index contributed by atoms with van der Waals surface area (Å²) in [5.74, 6) is 0.312. The van der Waals surface area contributed by atoms with E-state index in [2.05, 4.69) is 173 Å². The Morgan fingerprint density at radius 3 is 1.33 bits per heavy atom. The lowest BCUT2D eigenvalue weighted by Gasteiger charge is -2.16. The first-order valence-electron chi connectivity index (χ1n) is 25.8. The summed E-state index contributed by atoms with van der Waals surface area (Å²) in [6.45, 7) is 3.32. The van der Waals surface area contributed by atoms with E-state index in [1.54, 1.807) is 22.3 Å². The number of benzene rings is 8. The molecule has 70 heavy (non-hydrogen) atoms. The molecular weight excluding hydrogens is 851 g/mol. The van der Waals surface area contributed by atoms with E-state index < -0.39 is 0 Å². The number of anilines is 1. The fourth-order valence-electron chi connectivity index (χ4n) is 9.76. The number of aromatic nitrogens is 1. The molecule has 9 aromatic rings. The molecule has 8 aromatic carbocycles. The van der Waals surface area contributed by atoms with Crippen molar-refractivity contribution in [3.05, 3.63) is 263 Å². The van der Waals surface area contributed by atoms with Gasteiger partial charge in [-0.2, -0.15) is 0 Å². The van der Waals surface area contributed by atoms with Crippen molar-refractivity contribution in [2.45, 2.75) is 90.0 Å². The number of rotatable bonds is 0. The average molecular weight is 920 g/mol. The third-order valence-corrected chi connectivity index (χ3v) is 13.6. The smallest absolute Gasteiger partial charge is 0.163 e. The zero-order chi connectivity index (χ0) is 47.8. The molecule has 0 radical (unpaired) electrons. The number of aryl methyl sites for hydroxylation is 6. The third kappa shape index (κ3) is 14.9. The topological polar surface area (TPSA) is 54.0 Å². The summed E-state index contributed by atoms with van der Waals surface area (Å²) in [5.41, 5.74) is 15.3. The Labute approximate surface area is 417 Å². The SMILES string of the molecule is O=C1CCCc2ccccc21.c1ccc2c(c1)CCC2.c1ccc2c(c1)CCCC2.c1ccc2c(c1)CCCN2.c1ccc2c(c1)CCNC2.c1ccc2ccccc2c1.c1ccc2ncccc2c1. The molecule has 0 spiro atoms. The van der Waals surface area contributed by atoms with E-state index in [9.17, 15) is 4.79 Å². The second-order valence-corrected chi connectivity index (χ2v) is 18.5. The highest BCUT2D eigenvalue weighted by molar-refractivity contribution is 5.98. The standard InChI is InChI=1S/C10H10O.C10H12.C10H8.C9H11N.C9H7N.C9H11N.C9H10/c11-10-7-3-5-8-4-1-2-6-9(8)10;2*1-2-6-10-8-4-3-7-9(10)5-1;2*1-2-6-9-8(4-1)5-3-7-10-9;1-2-4-9-7-10-6-5-8(9)3-1;1-2-5-9-7-3-6-8(9)4-1/h1-2,4,6H,3,5,7H2;1-2,5-6H,3-4,7-8H2;1-8H;1-2,4,6,10H,3,5,7H2;1-7H;1-4,10H,5-7H2;1-2,4-5H,3,6-7H2. The van der Waals surface area contributed by atoms with Crippen molar-refractivity contribution in [1.82, 2.24) is 10.3 Å². The number of ketones is 1. The Morgan fingerprint density at radius 2 is 0.757 bits per heavy atom. The van der Waals surface area contributed by atoms with E-state index in [0.29, 0.717) is 5.78 Å². The Kier molecular flexibility index (Phi) is 19.1. The summed E-state index contributed by atoms with van der Waals surface area (Å²) in [6, 6.07) is 71.4. The number of hydrogen-bond acceptors (Lipinski definition) is 4. The van der Waals surface area contributed by atoms with E-state index in [-0.39, 0.29) is 0 Å². The number of nitrogens with zero attached hydrogens (tertiary/aromatic N) is 1. The molecule has 5 aliphatic rings. The largest absolute Gasteiger partial charge is 0.385 e. The monoisotopic (exact) mass is 920 g/mol. The average Bonchev–Trinajstić information content (AvgIpc) is 3.94. The Morgan fingerprint density at radius 1 is 0.329 bits per heavy atom. The lowest BCUT2D eigenvalue weighted by Crippen LogP contribution is -2.23. The molecule has 1 aromatic heterocycles. The molecule has 2 N–H and O–H groups in total. The highest BCUT2D eigenvalue weighted by Gasteiger charge is 2.15. The van der Waals surface area contributed by atoms with E-state index in [0.717, 1.165) is 50.0 Å². The molecule has 0 amide bonds. The van der Waals surface area contributed by atoms with Crippen molar-refractivity contribution < 1.29 is 4.79 Å². The zero-order valence-corrected chi connectivity index (χ0v) is 40.9. The van der Waals surface area contributed by atoms with Crippen molar-refractivity contribution in [2.75, 3.05) is 18.4 Å². The molecule has 14 rings (SSSR count). The van der Waals surface area contributed by atoms with Gasteiger partial charge in [-0.05, 0) is 157 Å². The van der Waals surface area contributed by atoms with Gasteiger partial charge in [0.2, 0.25) is 0 Å². The second kappa shape index (κ2) is 27.2. The molecule has 354 valence electrons. The van der Waals surface area contributed by atoms with E-state index in [1.807, 2.05) is 54.7 Å². The van der Waals surface area contributed by atoms with E-state index >= 15 is 0 Å². The molecule has 0 saturated carbocycles. The highest BCUT2D eigenvalue weighted by atomic mass is 16.1. The van der Waals surface area contributed by atoms with Gasteiger partial charge in [-0.15, -0.1) is 0 Å². The van der Waals surface area contributed by atoms with Gasteiger partial charge in [0.05, 0.1) is 5.52 Å². The van der Waals surface area contributed by atoms with Crippen LogP contribution in [0.4, 0.5) is 5.69 Å². The van der Waals surface area contributed by atoms with Crippen LogP contribution in [0, 0.1) is 0 Å². The zero-order valence-electron chi connectivity index (χ0n) is 40.9. The maximum atomic E-state index is 11.3. The molecule has 4 nitrogen and oxygen atoms in total. The van der Waals surface area contributed by atoms with Crippen LogP contribution in [0.3, 0.4) is 0 Å². The van der Waals surface area contributed by atoms with Gasteiger partial charge in [0.25, 0.3) is 0 Å². The molecular formula is C66H69N3O. The number of carbonyl (C=O) groups is 1. The number of fused-ring (bicyclic) bond motifs is 7. The normalized spacial score (nSPS) is 14.3. The molecule has 2 aliphatic heterocycles. The van der Waals surface area contributed by atoms with Gasteiger partial charge >= 0.3 is 0 Å². The predicted molar refractivity (Wildman–Crippen MR) is 296 cm³/mol. The van der Waals surface area contributed by atoms with Crippen molar-refractivity contribution in [1.29, 1.82) is 0 Å². The van der Waals surface area contributed by atoms with Gasteiger partial charge < -0.3 is 10.6 Å². The van der Waals surface area contributed by atoms with Crippen LogP contribution in [0.2, 0.25) is 0 Å². The number of nitrogens with one attached hydrogen (secondary N) is 2. The molecule has 0 saturated heterocycles. The minimum Gasteiger partial charge on any atom is -0.385 e. The molecule has 0 atom stereocenters. The molecule has 3 aliphatic carbocycles. The minimum atomic E-state index is 0.312. The van der Waals surface area contributed by atoms with Crippen molar-refractivity contribution in [2.24, 2.45) is 0 Å². The maximum absolute atomic E-state index is 11.3. The van der Waals surface area contributed by atoms with Crippen LogP contribution in [0.5, 0.6) is 0 Å². The Bertz CT molecular complexity index is 2590. The summed E-state index contributed by atoms with van der Waals surface area (Å²) < 4.78 is 0. The first-order chi connectivity index (χ1) is 34.7. The van der Waals surface area contributed by atoms with Crippen molar-refractivity contribution in [3.8, 4) is 0 Å². The van der Waals surface area contributed by atoms with E-state index in [1.165, 1.54) is 108 Å². The number of carbonyl (C=O) groups excluding carboxylic acids is 1. The summed E-state index contributed by atoms with van der Waals surface area (Å²) >= 11 is 0. The summed E-state index contributed by atoms with van der Waals surface area (Å²) in [6.07, 6.45) is 17.7. The summed E-state index contributed by atoms with van der Waals surface area (Å²) in [4.78, 5) is 15.5. The van der Waals surface area contributed by atoms with Crippen LogP contribution in [-0.4, -0.2) is 23.9 Å². The maximum Gasteiger partial charge on any atom is 0.163 e. The van der Waals surface area contributed by atoms with Gasteiger partial charge in [0, 0.05) is 42.3 Å². The van der Waals surface area contributed by atoms with Crippen molar-refractivity contribution >= 4 is 33.1 Å². The highest BCUT2D eigenvalue weighted by Crippen LogP contribution is 2.23. The first kappa shape index (κ1) is 49.3. The Hall–Kier alpha value is -7.14. The van der Waals surface area contributed by atoms with Crippen molar-refractivity contribution in [3.63, 3.8) is 0 Å². The number of para-hydroxylation sites is 2. The number of Topliss-reactive ketones (excluding diaryl/α,β-unsaturated/α-hetero) is 1. The molecule has 4 heteroatoms. The van der Waals surface area contributed by atoms with Crippen LogP contribution in [0.25, 0.3) is 21.7 Å². The van der Waals surface area contributed by atoms with Gasteiger partial charge in [-0.3, -0.25) is 9.78 Å². The van der Waals surface area contributed by atoms with Gasteiger partial charge in [-0.25, -0.2) is 0 Å². The lowest BCUT2D eigenvalue weighted by molar-refractivity contribution is 0.0972. The van der Waals surface area contributed by atoms with Crippen LogP contribution in [-0.2, 0) is 51.5 Å². The minimum absolute atomic E-state index is 0.312. The van der Waals surface area contributed by atoms with Gasteiger partial charge in [-0.1, -0.05) is 188 Å². The summed E-state index contributed by atoms with van der Waals surface area (Å²) in [5, 5.41) is 10.5. The van der Waals surface area contributed by atoms with Crippen LogP contribution in [0.15, 0.2) is 212 Å². The fraction of sp³-hybridized carbons (Fsp3) is 0.242. The van der Waals surface area contributed by atoms with Crippen LogP contribution in [0.1, 0.15) is 93.4 Å².